The van der Waals surface area contributed by atoms with E-state index in [0.29, 0.717) is 17.0 Å². The van der Waals surface area contributed by atoms with E-state index in [2.05, 4.69) is 5.32 Å². The number of hydrogen-bond acceptors (Lipinski definition) is 3. The van der Waals surface area contributed by atoms with E-state index >= 15 is 0 Å². The van der Waals surface area contributed by atoms with Crippen LogP contribution < -0.4 is 10.1 Å². The third-order valence-corrected chi connectivity index (χ3v) is 4.19. The number of carbonyl (C=O) groups excluding carboxylic acids is 2. The fraction of sp³-hybridized carbons (Fsp3) is 0.300. The molecule has 1 heterocycles. The number of carbonyl (C=O) groups is 2. The summed E-state index contributed by atoms with van der Waals surface area (Å²) in [5, 5.41) is 2.76. The van der Waals surface area contributed by atoms with Gasteiger partial charge in [-0.1, -0.05) is 18.2 Å². The summed E-state index contributed by atoms with van der Waals surface area (Å²) in [6.45, 7) is 1.57. The first-order chi connectivity index (χ1) is 12.6. The van der Waals surface area contributed by atoms with Crippen molar-refractivity contribution in [1.82, 2.24) is 4.90 Å². The van der Waals surface area contributed by atoms with Gasteiger partial charge >= 0.3 is 0 Å². The van der Waals surface area contributed by atoms with Crippen LogP contribution in [0.5, 0.6) is 5.75 Å². The van der Waals surface area contributed by atoms with Gasteiger partial charge < -0.3 is 15.0 Å². The topological polar surface area (TPSA) is 58.6 Å². The fourth-order valence-electron chi connectivity index (χ4n) is 2.90. The largest absolute Gasteiger partial charge is 0.484 e. The van der Waals surface area contributed by atoms with Crippen LogP contribution >= 0.6 is 0 Å². The van der Waals surface area contributed by atoms with E-state index in [-0.39, 0.29) is 30.7 Å². The van der Waals surface area contributed by atoms with Crippen LogP contribution in [-0.4, -0.2) is 36.4 Å². The van der Waals surface area contributed by atoms with Gasteiger partial charge in [0, 0.05) is 24.8 Å². The molecule has 1 aliphatic rings. The molecule has 1 saturated heterocycles. The van der Waals surface area contributed by atoms with Crippen molar-refractivity contribution in [3.05, 3.63) is 59.9 Å². The molecule has 0 spiro atoms. The first-order valence-corrected chi connectivity index (χ1v) is 8.65. The molecule has 0 aromatic heterocycles. The highest BCUT2D eigenvalue weighted by atomic mass is 19.1. The predicted molar refractivity (Wildman–Crippen MR) is 96.5 cm³/mol. The Labute approximate surface area is 151 Å². The molecule has 0 unspecified atom stereocenters. The van der Waals surface area contributed by atoms with E-state index in [1.165, 1.54) is 12.1 Å². The van der Waals surface area contributed by atoms with Gasteiger partial charge in [0.05, 0.1) is 6.42 Å². The number of hydrogen-bond donors (Lipinski definition) is 1. The second kappa shape index (κ2) is 8.47. The lowest BCUT2D eigenvalue weighted by molar-refractivity contribution is -0.132. The molecule has 0 bridgehead atoms. The highest BCUT2D eigenvalue weighted by Gasteiger charge is 2.18. The molecule has 6 heteroatoms. The van der Waals surface area contributed by atoms with Crippen molar-refractivity contribution in [2.75, 3.05) is 25.0 Å². The minimum absolute atomic E-state index is 0.0132. The minimum atomic E-state index is -0.367. The average Bonchev–Trinajstić information content (AvgIpc) is 3.14. The molecule has 2 aromatic carbocycles. The van der Waals surface area contributed by atoms with Crippen molar-refractivity contribution in [1.29, 1.82) is 0 Å². The summed E-state index contributed by atoms with van der Waals surface area (Å²) in [6.07, 6.45) is 2.16. The average molecular weight is 356 g/mol. The molecule has 1 fully saturated rings. The first kappa shape index (κ1) is 17.9. The molecule has 2 aromatic rings. The van der Waals surface area contributed by atoms with E-state index in [1.807, 2.05) is 0 Å². The highest BCUT2D eigenvalue weighted by Crippen LogP contribution is 2.18. The number of anilines is 1. The van der Waals surface area contributed by atoms with Crippen LogP contribution in [0, 0.1) is 5.82 Å². The van der Waals surface area contributed by atoms with Gasteiger partial charge in [0.15, 0.2) is 6.61 Å². The van der Waals surface area contributed by atoms with Crippen LogP contribution in [0.4, 0.5) is 10.1 Å². The number of nitrogens with zero attached hydrogens (tertiary/aromatic N) is 1. The Morgan fingerprint density at radius 2 is 1.85 bits per heavy atom. The standard InChI is InChI=1S/C20H21FN2O3/c21-16-6-3-5-15(11-16)12-19(24)22-17-7-4-8-18(13-17)26-14-20(25)23-9-1-2-10-23/h3-8,11,13H,1-2,9-10,12,14H2,(H,22,24). The zero-order chi connectivity index (χ0) is 18.4. The Balaban J connectivity index is 1.53. The molecule has 3 rings (SSSR count). The Bertz CT molecular complexity index is 788. The summed E-state index contributed by atoms with van der Waals surface area (Å²) < 4.78 is 18.7. The summed E-state index contributed by atoms with van der Waals surface area (Å²) in [5.41, 5.74) is 1.17. The maximum atomic E-state index is 13.2. The molecule has 2 amide bonds. The van der Waals surface area contributed by atoms with Crippen LogP contribution in [0.1, 0.15) is 18.4 Å². The number of ether oxygens (including phenoxy) is 1. The molecule has 136 valence electrons. The lowest BCUT2D eigenvalue weighted by Crippen LogP contribution is -2.32. The quantitative estimate of drug-likeness (QED) is 0.866. The molecule has 0 saturated carbocycles. The number of amides is 2. The number of nitrogens with one attached hydrogen (secondary N) is 1. The Morgan fingerprint density at radius 1 is 1.08 bits per heavy atom. The van der Waals surface area contributed by atoms with E-state index in [4.69, 9.17) is 4.74 Å². The summed E-state index contributed by atoms with van der Waals surface area (Å²) in [6, 6.07) is 12.8. The summed E-state index contributed by atoms with van der Waals surface area (Å²) in [7, 11) is 0. The van der Waals surface area contributed by atoms with Crippen LogP contribution in [0.15, 0.2) is 48.5 Å². The minimum Gasteiger partial charge on any atom is -0.484 e. The Kier molecular flexibility index (Phi) is 5.84. The summed E-state index contributed by atoms with van der Waals surface area (Å²) in [4.78, 5) is 25.9. The zero-order valence-electron chi connectivity index (χ0n) is 14.4. The summed E-state index contributed by atoms with van der Waals surface area (Å²) in [5.74, 6) is -0.126. The lowest BCUT2D eigenvalue weighted by atomic mass is 10.1. The molecule has 1 N–H and O–H groups in total. The predicted octanol–water partition coefficient (Wildman–Crippen LogP) is 3.01. The number of rotatable bonds is 6. The van der Waals surface area contributed by atoms with Gasteiger partial charge in [-0.15, -0.1) is 0 Å². The lowest BCUT2D eigenvalue weighted by Gasteiger charge is -2.15. The zero-order valence-corrected chi connectivity index (χ0v) is 14.4. The van der Waals surface area contributed by atoms with E-state index in [9.17, 15) is 14.0 Å². The van der Waals surface area contributed by atoms with Crippen molar-refractivity contribution < 1.29 is 18.7 Å². The van der Waals surface area contributed by atoms with Crippen molar-refractivity contribution in [3.8, 4) is 5.75 Å². The maximum Gasteiger partial charge on any atom is 0.260 e. The third kappa shape index (κ3) is 5.05. The van der Waals surface area contributed by atoms with Gasteiger partial charge in [0.1, 0.15) is 11.6 Å². The second-order valence-corrected chi connectivity index (χ2v) is 6.26. The van der Waals surface area contributed by atoms with Crippen molar-refractivity contribution in [3.63, 3.8) is 0 Å². The van der Waals surface area contributed by atoms with Gasteiger partial charge in [0.25, 0.3) is 5.91 Å². The molecule has 1 aliphatic heterocycles. The molecule has 0 radical (unpaired) electrons. The van der Waals surface area contributed by atoms with Crippen molar-refractivity contribution >= 4 is 17.5 Å². The number of benzene rings is 2. The second-order valence-electron chi connectivity index (χ2n) is 6.26. The van der Waals surface area contributed by atoms with E-state index in [0.717, 1.165) is 25.9 Å². The molecule has 0 aliphatic carbocycles. The van der Waals surface area contributed by atoms with Crippen molar-refractivity contribution in [2.24, 2.45) is 0 Å². The van der Waals surface area contributed by atoms with Crippen LogP contribution in [0.3, 0.4) is 0 Å². The Hall–Kier alpha value is -2.89. The maximum absolute atomic E-state index is 13.2. The first-order valence-electron chi connectivity index (χ1n) is 8.65. The van der Waals surface area contributed by atoms with Gasteiger partial charge in [-0.2, -0.15) is 0 Å². The van der Waals surface area contributed by atoms with E-state index in [1.54, 1.807) is 41.3 Å². The molecular weight excluding hydrogens is 335 g/mol. The third-order valence-electron chi connectivity index (χ3n) is 4.19. The van der Waals surface area contributed by atoms with Crippen LogP contribution in [-0.2, 0) is 16.0 Å². The monoisotopic (exact) mass is 356 g/mol. The number of halogens is 1. The van der Waals surface area contributed by atoms with Crippen molar-refractivity contribution in [2.45, 2.75) is 19.3 Å². The van der Waals surface area contributed by atoms with E-state index < -0.39 is 0 Å². The molecule has 26 heavy (non-hydrogen) atoms. The Morgan fingerprint density at radius 3 is 2.62 bits per heavy atom. The van der Waals surface area contributed by atoms with Crippen LogP contribution in [0.25, 0.3) is 0 Å². The van der Waals surface area contributed by atoms with Gasteiger partial charge in [0.2, 0.25) is 5.91 Å². The highest BCUT2D eigenvalue weighted by molar-refractivity contribution is 5.92. The smallest absolute Gasteiger partial charge is 0.260 e. The SMILES string of the molecule is O=C(Cc1cccc(F)c1)Nc1cccc(OCC(=O)N2CCCC2)c1. The van der Waals surface area contributed by atoms with Gasteiger partial charge in [-0.25, -0.2) is 4.39 Å². The normalized spacial score (nSPS) is 13.5. The fourth-order valence-corrected chi connectivity index (χ4v) is 2.90. The summed E-state index contributed by atoms with van der Waals surface area (Å²) >= 11 is 0. The number of likely N-dealkylation sites (tertiary alicyclic amines) is 1. The molecule has 5 nitrogen and oxygen atoms in total. The molecule has 0 atom stereocenters. The molecular formula is C20H21FN2O3. The van der Waals surface area contributed by atoms with Gasteiger partial charge in [-0.05, 0) is 42.7 Å². The van der Waals surface area contributed by atoms with Crippen LogP contribution in [0.2, 0.25) is 0 Å². The van der Waals surface area contributed by atoms with Gasteiger partial charge in [-0.3, -0.25) is 9.59 Å².